The molecule has 2 rings (SSSR count). The van der Waals surface area contributed by atoms with Crippen molar-refractivity contribution in [3.8, 4) is 0 Å². The Hall–Kier alpha value is -3.43. The van der Waals surface area contributed by atoms with Gasteiger partial charge in [-0.2, -0.15) is 0 Å². The van der Waals surface area contributed by atoms with Gasteiger partial charge >= 0.3 is 5.97 Å². The van der Waals surface area contributed by atoms with Crippen LogP contribution in [-0.2, 0) is 24.0 Å². The van der Waals surface area contributed by atoms with Gasteiger partial charge in [-0.1, -0.05) is 42.8 Å². The van der Waals surface area contributed by atoms with Crippen molar-refractivity contribution in [1.82, 2.24) is 10.6 Å². The van der Waals surface area contributed by atoms with E-state index in [0.717, 1.165) is 12.0 Å². The molecule has 0 saturated carbocycles. The number of amides is 2. The van der Waals surface area contributed by atoms with Gasteiger partial charge in [-0.25, -0.2) is 4.79 Å². The van der Waals surface area contributed by atoms with Crippen molar-refractivity contribution in [2.45, 2.75) is 51.2 Å². The molecule has 0 aromatic heterocycles. The first-order chi connectivity index (χ1) is 14.8. The highest BCUT2D eigenvalue weighted by molar-refractivity contribution is 6.02. The summed E-state index contributed by atoms with van der Waals surface area (Å²) in [6, 6.07) is 6.09. The van der Waals surface area contributed by atoms with Gasteiger partial charge in [0.2, 0.25) is 11.8 Å². The Kier molecular flexibility index (Phi) is 8.98. The van der Waals surface area contributed by atoms with Crippen LogP contribution in [0, 0.1) is 5.41 Å². The lowest BCUT2D eigenvalue weighted by atomic mass is 10.0. The van der Waals surface area contributed by atoms with Crippen molar-refractivity contribution in [3.63, 3.8) is 0 Å². The summed E-state index contributed by atoms with van der Waals surface area (Å²) in [7, 11) is 1.23. The number of methoxy groups -OCH3 is 1. The summed E-state index contributed by atoms with van der Waals surface area (Å²) >= 11 is 0. The highest BCUT2D eigenvalue weighted by atomic mass is 16.6. The third kappa shape index (κ3) is 7.40. The van der Waals surface area contributed by atoms with Crippen molar-refractivity contribution in [2.75, 3.05) is 13.7 Å². The molecular weight excluding hydrogens is 402 g/mol. The van der Waals surface area contributed by atoms with Crippen LogP contribution in [0.4, 0.5) is 0 Å². The van der Waals surface area contributed by atoms with E-state index in [9.17, 15) is 14.4 Å². The first-order valence-electron chi connectivity index (χ1n) is 10.2. The smallest absolute Gasteiger partial charge is 0.330 e. The molecule has 0 radical (unpaired) electrons. The van der Waals surface area contributed by atoms with Crippen LogP contribution in [0.2, 0.25) is 0 Å². The van der Waals surface area contributed by atoms with E-state index in [0.29, 0.717) is 30.5 Å². The second-order valence-electron chi connectivity index (χ2n) is 7.22. The van der Waals surface area contributed by atoms with E-state index in [2.05, 4.69) is 15.8 Å². The molecule has 0 fully saturated rings. The van der Waals surface area contributed by atoms with Gasteiger partial charge in [0.25, 0.3) is 0 Å². The number of ether oxygens (including phenoxy) is 1. The highest BCUT2D eigenvalue weighted by Crippen LogP contribution is 2.19. The summed E-state index contributed by atoms with van der Waals surface area (Å²) in [4.78, 5) is 41.4. The minimum atomic E-state index is -0.950. The van der Waals surface area contributed by atoms with Crippen LogP contribution in [0.25, 0.3) is 0 Å². The maximum Gasteiger partial charge on any atom is 0.330 e. The molecule has 0 saturated heterocycles. The van der Waals surface area contributed by atoms with Gasteiger partial charge in [0.05, 0.1) is 19.2 Å². The van der Waals surface area contributed by atoms with Gasteiger partial charge in [0, 0.05) is 24.9 Å². The molecule has 1 heterocycles. The van der Waals surface area contributed by atoms with Gasteiger partial charge in [0.1, 0.15) is 18.0 Å². The Morgan fingerprint density at radius 1 is 1.29 bits per heavy atom. The third-order valence-corrected chi connectivity index (χ3v) is 4.76. The van der Waals surface area contributed by atoms with Crippen molar-refractivity contribution in [2.24, 2.45) is 10.9 Å². The minimum Gasteiger partial charge on any atom is -0.467 e. The predicted octanol–water partition coefficient (Wildman–Crippen LogP) is 0.818. The van der Waals surface area contributed by atoms with Gasteiger partial charge in [-0.3, -0.25) is 15.0 Å². The summed E-state index contributed by atoms with van der Waals surface area (Å²) in [6.07, 6.45) is 1.95. The Morgan fingerprint density at radius 3 is 2.61 bits per heavy atom. The van der Waals surface area contributed by atoms with Gasteiger partial charge in [-0.05, 0) is 12.0 Å². The van der Waals surface area contributed by atoms with Crippen LogP contribution in [0.15, 0.2) is 29.4 Å². The van der Waals surface area contributed by atoms with Crippen LogP contribution in [0.1, 0.15) is 50.2 Å². The number of nitrogens with two attached hydrogens (primary N) is 1. The number of unbranched alkanes of at least 4 members (excludes halogenated alkanes) is 1. The molecule has 2 atom stereocenters. The molecule has 0 bridgehead atoms. The molecule has 31 heavy (non-hydrogen) atoms. The maximum atomic E-state index is 12.3. The molecule has 168 valence electrons. The van der Waals surface area contributed by atoms with Crippen LogP contribution in [-0.4, -0.2) is 55.1 Å². The summed E-state index contributed by atoms with van der Waals surface area (Å²) < 4.78 is 4.70. The number of hydrogen-bond acceptors (Lipinski definition) is 7. The molecular formula is C21H29N5O5. The maximum absolute atomic E-state index is 12.3. The second-order valence-corrected chi connectivity index (χ2v) is 7.22. The standard InChI is InChI=1S/C21H29N5O5/c1-3-4-5-18(27)25-17(21(29)30-2)12-24-19(28)11-15-10-16(26-31-15)13-6-8-14(9-7-13)20(22)23/h6-9,15,17H,3-5,10-12H2,1-2H3,(H3,22,23)(H,24,28)(H,25,27)/t15-,17?/m1/s1. The zero-order valence-corrected chi connectivity index (χ0v) is 17.8. The lowest BCUT2D eigenvalue weighted by Crippen LogP contribution is -2.49. The lowest BCUT2D eigenvalue weighted by Gasteiger charge is -2.17. The molecule has 1 aromatic carbocycles. The van der Waals surface area contributed by atoms with Crippen molar-refractivity contribution < 1.29 is 24.0 Å². The van der Waals surface area contributed by atoms with Crippen molar-refractivity contribution in [1.29, 1.82) is 5.41 Å². The fourth-order valence-electron chi connectivity index (χ4n) is 2.98. The quantitative estimate of drug-likeness (QED) is 0.231. The molecule has 0 spiro atoms. The fraction of sp³-hybridized carbons (Fsp3) is 0.476. The van der Waals surface area contributed by atoms with Gasteiger partial charge in [0.15, 0.2) is 0 Å². The number of nitrogens with one attached hydrogen (secondary N) is 3. The molecule has 1 aliphatic rings. The molecule has 1 aromatic rings. The SMILES string of the molecule is CCCCC(=O)NC(CNC(=O)C[C@H]1CC(c2ccc(C(=N)N)cc2)=NO1)C(=O)OC. The van der Waals surface area contributed by atoms with E-state index >= 15 is 0 Å². The number of benzene rings is 1. The number of carbonyl (C=O) groups excluding carboxylic acids is 3. The lowest BCUT2D eigenvalue weighted by molar-refractivity contribution is -0.145. The average molecular weight is 431 g/mol. The van der Waals surface area contributed by atoms with E-state index in [1.54, 1.807) is 24.3 Å². The zero-order chi connectivity index (χ0) is 22.8. The Morgan fingerprint density at radius 2 is 2.00 bits per heavy atom. The number of carbonyl (C=O) groups is 3. The largest absolute Gasteiger partial charge is 0.467 e. The summed E-state index contributed by atoms with van der Waals surface area (Å²) in [5.41, 5.74) is 7.59. The summed E-state index contributed by atoms with van der Waals surface area (Å²) in [6.45, 7) is 1.89. The summed E-state index contributed by atoms with van der Waals surface area (Å²) in [5.74, 6) is -1.23. The van der Waals surface area contributed by atoms with Crippen LogP contribution < -0.4 is 16.4 Å². The molecule has 10 nitrogen and oxygen atoms in total. The molecule has 0 aliphatic carbocycles. The predicted molar refractivity (Wildman–Crippen MR) is 115 cm³/mol. The van der Waals surface area contributed by atoms with E-state index < -0.39 is 18.1 Å². The number of hydrogen-bond donors (Lipinski definition) is 4. The minimum absolute atomic E-state index is 0.0162. The Labute approximate surface area is 181 Å². The third-order valence-electron chi connectivity index (χ3n) is 4.76. The van der Waals surface area contributed by atoms with E-state index in [1.165, 1.54) is 7.11 Å². The number of esters is 1. The van der Waals surface area contributed by atoms with Crippen molar-refractivity contribution >= 4 is 29.3 Å². The number of amidine groups is 1. The van der Waals surface area contributed by atoms with Crippen molar-refractivity contribution in [3.05, 3.63) is 35.4 Å². The average Bonchev–Trinajstić information content (AvgIpc) is 3.22. The number of nitrogens with zero attached hydrogens (tertiary/aromatic N) is 1. The molecule has 1 aliphatic heterocycles. The molecule has 5 N–H and O–H groups in total. The first-order valence-corrected chi connectivity index (χ1v) is 10.2. The number of oxime groups is 1. The monoisotopic (exact) mass is 431 g/mol. The highest BCUT2D eigenvalue weighted by Gasteiger charge is 2.26. The fourth-order valence-corrected chi connectivity index (χ4v) is 2.98. The Balaban J connectivity index is 1.81. The molecule has 1 unspecified atom stereocenters. The van der Waals surface area contributed by atoms with Gasteiger partial charge < -0.3 is 25.9 Å². The van der Waals surface area contributed by atoms with Crippen LogP contribution in [0.3, 0.4) is 0 Å². The first kappa shape index (κ1) is 23.8. The number of nitrogen functional groups attached to an aromatic ring is 1. The van der Waals surface area contributed by atoms with E-state index in [-0.39, 0.29) is 30.6 Å². The normalized spacial score (nSPS) is 15.9. The zero-order valence-electron chi connectivity index (χ0n) is 17.8. The molecule has 2 amide bonds. The molecule has 10 heteroatoms. The topological polar surface area (TPSA) is 156 Å². The van der Waals surface area contributed by atoms with Crippen LogP contribution >= 0.6 is 0 Å². The second kappa shape index (κ2) is 11.7. The number of rotatable bonds is 11. The Bertz CT molecular complexity index is 837. The van der Waals surface area contributed by atoms with Crippen LogP contribution in [0.5, 0.6) is 0 Å². The summed E-state index contributed by atoms with van der Waals surface area (Å²) in [5, 5.41) is 16.7. The van der Waals surface area contributed by atoms with E-state index in [4.69, 9.17) is 20.7 Å². The van der Waals surface area contributed by atoms with E-state index in [1.807, 2.05) is 6.92 Å². The van der Waals surface area contributed by atoms with Gasteiger partial charge in [-0.15, -0.1) is 0 Å².